The maximum Gasteiger partial charge on any atom is 0.136 e. The number of hydrogen-bond donors (Lipinski definition) is 2. The van der Waals surface area contributed by atoms with Crippen molar-refractivity contribution in [2.75, 3.05) is 0 Å². The van der Waals surface area contributed by atoms with E-state index in [1.54, 1.807) is 6.20 Å². The number of allylic oxidation sites excluding steroid dienone is 6. The van der Waals surface area contributed by atoms with Crippen molar-refractivity contribution in [2.24, 2.45) is 11.8 Å². The van der Waals surface area contributed by atoms with Crippen molar-refractivity contribution in [2.45, 2.75) is 98.0 Å². The maximum absolute atomic E-state index is 12.3. The van der Waals surface area contributed by atoms with Crippen LogP contribution >= 0.6 is 13.5 Å². The van der Waals surface area contributed by atoms with E-state index in [1.807, 2.05) is 13.0 Å². The summed E-state index contributed by atoms with van der Waals surface area (Å²) < 4.78 is 0. The first-order chi connectivity index (χ1) is 14.8. The second-order valence-corrected chi connectivity index (χ2v) is 8.80. The molecule has 0 amide bonds. The Kier molecular flexibility index (Phi) is 21.8. The first-order valence-corrected chi connectivity index (χ1v) is 12.0. The third-order valence-electron chi connectivity index (χ3n) is 5.57. The molecule has 0 radical (unpaired) electrons. The van der Waals surface area contributed by atoms with Gasteiger partial charge in [-0.1, -0.05) is 69.4 Å². The van der Waals surface area contributed by atoms with Crippen LogP contribution in [0.25, 0.3) is 0 Å². The van der Waals surface area contributed by atoms with Gasteiger partial charge in [0.25, 0.3) is 0 Å². The monoisotopic (exact) mass is 463 g/mol. The third-order valence-corrected chi connectivity index (χ3v) is 5.57. The summed E-state index contributed by atoms with van der Waals surface area (Å²) in [5.41, 5.74) is 2.23. The van der Waals surface area contributed by atoms with Crippen molar-refractivity contribution in [3.8, 4) is 0 Å². The standard InChI is InChI=1S/C28H47NO2.H2S/c1-7-10-11-12-13-16-28(31)21-24(5)20-23(4)18-19-27(30)17-14-15-26(8-2)22-25(6)29-9-3;/h7,9-10,13,16,18,24,26,28-29,31H,3,6,8,11-12,14-15,17,19-22H2,1-2,4-5H3;1H2/b10-7+,16-13+,23-18+;/t24-,26?,28?;/m1./s1. The Morgan fingerprint density at radius 3 is 2.50 bits per heavy atom. The first-order valence-electron chi connectivity index (χ1n) is 12.0. The Balaban J connectivity index is 0. The average Bonchev–Trinajstić information content (AvgIpc) is 2.71. The van der Waals surface area contributed by atoms with Crippen LogP contribution in [0, 0.1) is 11.8 Å². The van der Waals surface area contributed by atoms with Gasteiger partial charge in [-0.25, -0.2) is 0 Å². The zero-order chi connectivity index (χ0) is 23.5. The molecule has 0 aliphatic heterocycles. The second kappa shape index (κ2) is 21.3. The number of Topliss-reactive ketones (excluding diaryl/α,β-unsaturated/α-hetero) is 1. The lowest BCUT2D eigenvalue weighted by Gasteiger charge is -2.16. The predicted octanol–water partition coefficient (Wildman–Crippen LogP) is 7.53. The topological polar surface area (TPSA) is 49.3 Å². The van der Waals surface area contributed by atoms with Gasteiger partial charge < -0.3 is 10.4 Å². The summed E-state index contributed by atoms with van der Waals surface area (Å²) in [6.07, 6.45) is 20.4. The van der Waals surface area contributed by atoms with Crippen LogP contribution in [-0.2, 0) is 4.79 Å². The minimum Gasteiger partial charge on any atom is -0.389 e. The molecule has 0 aromatic rings. The van der Waals surface area contributed by atoms with E-state index in [0.717, 1.165) is 57.1 Å². The molecule has 0 aliphatic rings. The van der Waals surface area contributed by atoms with Gasteiger partial charge in [0.05, 0.1) is 6.10 Å². The molecular formula is C28H49NO2S. The number of aliphatic hydroxyl groups excluding tert-OH is 1. The molecule has 3 atom stereocenters. The van der Waals surface area contributed by atoms with Crippen molar-refractivity contribution in [1.29, 1.82) is 0 Å². The van der Waals surface area contributed by atoms with E-state index in [9.17, 15) is 9.90 Å². The van der Waals surface area contributed by atoms with E-state index >= 15 is 0 Å². The normalized spacial score (nSPS) is 14.7. The highest BCUT2D eigenvalue weighted by Crippen LogP contribution is 2.21. The van der Waals surface area contributed by atoms with Crippen molar-refractivity contribution in [3.05, 3.63) is 61.0 Å². The van der Waals surface area contributed by atoms with Crippen LogP contribution in [0.5, 0.6) is 0 Å². The van der Waals surface area contributed by atoms with Crippen molar-refractivity contribution in [1.82, 2.24) is 5.32 Å². The molecule has 0 bridgehead atoms. The van der Waals surface area contributed by atoms with Gasteiger partial charge in [-0.05, 0) is 76.8 Å². The quantitative estimate of drug-likeness (QED) is 0.154. The summed E-state index contributed by atoms with van der Waals surface area (Å²) in [7, 11) is 0. The van der Waals surface area contributed by atoms with Gasteiger partial charge in [0, 0.05) is 18.5 Å². The van der Waals surface area contributed by atoms with E-state index in [-0.39, 0.29) is 19.6 Å². The van der Waals surface area contributed by atoms with E-state index in [0.29, 0.717) is 30.5 Å². The Labute approximate surface area is 205 Å². The van der Waals surface area contributed by atoms with Crippen molar-refractivity contribution >= 4 is 19.3 Å². The molecule has 184 valence electrons. The van der Waals surface area contributed by atoms with Gasteiger partial charge in [-0.2, -0.15) is 13.5 Å². The SMILES string of the molecule is C=CNC(=C)CC(CC)CCCC(=O)C/C=C(\C)C[C@@H](C)CC(O)/C=C/CC/C=C/C.S. The van der Waals surface area contributed by atoms with Crippen LogP contribution in [0.1, 0.15) is 91.9 Å². The number of unbranched alkanes of at least 4 members (excludes halogenated alkanes) is 1. The molecule has 0 heterocycles. The smallest absolute Gasteiger partial charge is 0.136 e. The molecule has 0 saturated carbocycles. The molecule has 0 fully saturated rings. The number of carbonyl (C=O) groups excluding carboxylic acids is 1. The number of hydrogen-bond acceptors (Lipinski definition) is 3. The molecule has 0 spiro atoms. The number of carbonyl (C=O) groups is 1. The molecule has 2 unspecified atom stereocenters. The lowest BCUT2D eigenvalue weighted by molar-refractivity contribution is -0.118. The highest BCUT2D eigenvalue weighted by Gasteiger charge is 2.11. The molecule has 0 aliphatic carbocycles. The lowest BCUT2D eigenvalue weighted by Crippen LogP contribution is -2.10. The van der Waals surface area contributed by atoms with Gasteiger partial charge in [-0.15, -0.1) is 0 Å². The molecule has 3 nitrogen and oxygen atoms in total. The zero-order valence-electron chi connectivity index (χ0n) is 21.0. The Bertz CT molecular complexity index is 607. The van der Waals surface area contributed by atoms with Crippen LogP contribution in [0.15, 0.2) is 61.0 Å². The highest BCUT2D eigenvalue weighted by molar-refractivity contribution is 7.59. The minimum absolute atomic E-state index is 0. The minimum atomic E-state index is -0.390. The van der Waals surface area contributed by atoms with E-state index in [2.05, 4.69) is 63.5 Å². The Hall–Kier alpha value is -1.52. The fourth-order valence-electron chi connectivity index (χ4n) is 3.80. The molecule has 0 saturated heterocycles. The molecule has 32 heavy (non-hydrogen) atoms. The summed E-state index contributed by atoms with van der Waals surface area (Å²) >= 11 is 0. The fourth-order valence-corrected chi connectivity index (χ4v) is 3.80. The van der Waals surface area contributed by atoms with Crippen LogP contribution < -0.4 is 5.32 Å². The highest BCUT2D eigenvalue weighted by atomic mass is 32.1. The molecule has 0 aromatic heterocycles. The van der Waals surface area contributed by atoms with Gasteiger partial charge in [0.1, 0.15) is 5.78 Å². The largest absolute Gasteiger partial charge is 0.389 e. The van der Waals surface area contributed by atoms with E-state index in [4.69, 9.17) is 0 Å². The molecule has 0 aromatic carbocycles. The molecule has 0 rings (SSSR count). The number of ketones is 1. The maximum atomic E-state index is 12.3. The van der Waals surface area contributed by atoms with Crippen molar-refractivity contribution in [3.63, 3.8) is 0 Å². The summed E-state index contributed by atoms with van der Waals surface area (Å²) in [5, 5.41) is 13.2. The predicted molar refractivity (Wildman–Crippen MR) is 146 cm³/mol. The summed E-state index contributed by atoms with van der Waals surface area (Å²) in [5.74, 6) is 1.27. The summed E-state index contributed by atoms with van der Waals surface area (Å²) in [6, 6.07) is 0. The number of rotatable bonds is 19. The zero-order valence-corrected chi connectivity index (χ0v) is 22.0. The van der Waals surface area contributed by atoms with Crippen LogP contribution in [0.3, 0.4) is 0 Å². The fraction of sp³-hybridized carbons (Fsp3) is 0.607. The Morgan fingerprint density at radius 2 is 1.88 bits per heavy atom. The van der Waals surface area contributed by atoms with Gasteiger partial charge in [0.2, 0.25) is 0 Å². The van der Waals surface area contributed by atoms with Crippen LogP contribution in [0.4, 0.5) is 0 Å². The Morgan fingerprint density at radius 1 is 1.19 bits per heavy atom. The van der Waals surface area contributed by atoms with Gasteiger partial charge in [0.15, 0.2) is 0 Å². The van der Waals surface area contributed by atoms with Crippen molar-refractivity contribution < 1.29 is 9.90 Å². The molecule has 4 heteroatoms. The first kappa shape index (κ1) is 32.7. The van der Waals surface area contributed by atoms with Gasteiger partial charge in [-0.3, -0.25) is 4.79 Å². The number of nitrogens with one attached hydrogen (secondary N) is 1. The van der Waals surface area contributed by atoms with E-state index in [1.165, 1.54) is 5.57 Å². The van der Waals surface area contributed by atoms with Crippen LogP contribution in [-0.4, -0.2) is 17.0 Å². The number of aliphatic hydroxyl groups is 1. The molecule has 2 N–H and O–H groups in total. The second-order valence-electron chi connectivity index (χ2n) is 8.80. The lowest BCUT2D eigenvalue weighted by atomic mass is 9.93. The van der Waals surface area contributed by atoms with Gasteiger partial charge >= 0.3 is 0 Å². The third kappa shape index (κ3) is 19.2. The average molecular weight is 464 g/mol. The van der Waals surface area contributed by atoms with E-state index < -0.39 is 0 Å². The summed E-state index contributed by atoms with van der Waals surface area (Å²) in [4.78, 5) is 12.3. The summed E-state index contributed by atoms with van der Waals surface area (Å²) in [6.45, 7) is 16.1. The van der Waals surface area contributed by atoms with Crippen LogP contribution in [0.2, 0.25) is 0 Å². The molecular weight excluding hydrogens is 414 g/mol.